The van der Waals surface area contributed by atoms with E-state index in [4.69, 9.17) is 9.47 Å². The second kappa shape index (κ2) is 12.4. The molecule has 2 aromatic carbocycles. The molecule has 0 saturated carbocycles. The Balaban J connectivity index is 1.80. The summed E-state index contributed by atoms with van der Waals surface area (Å²) in [6.45, 7) is 4.82. The lowest BCUT2D eigenvalue weighted by atomic mass is 10.1. The number of ether oxygens (including phenoxy) is 2. The monoisotopic (exact) mass is 369 g/mol. The summed E-state index contributed by atoms with van der Waals surface area (Å²) in [4.78, 5) is 2.31. The van der Waals surface area contributed by atoms with Crippen LogP contribution in [0.4, 0.5) is 0 Å². The van der Waals surface area contributed by atoms with Gasteiger partial charge in [-0.2, -0.15) is 0 Å². The van der Waals surface area contributed by atoms with Crippen LogP contribution in [0.15, 0.2) is 48.5 Å². The maximum atomic E-state index is 5.95. The lowest BCUT2D eigenvalue weighted by Gasteiger charge is -2.18. The van der Waals surface area contributed by atoms with Crippen molar-refractivity contribution in [3.63, 3.8) is 0 Å². The molecule has 0 aliphatic rings. The molecule has 0 aliphatic carbocycles. The number of rotatable bonds is 13. The Bertz CT molecular complexity index is 642. The van der Waals surface area contributed by atoms with Gasteiger partial charge in [-0.05, 0) is 36.7 Å². The van der Waals surface area contributed by atoms with Crippen LogP contribution < -0.4 is 9.47 Å². The maximum Gasteiger partial charge on any atom is 0.161 e. The third-order valence-corrected chi connectivity index (χ3v) is 4.73. The van der Waals surface area contributed by atoms with Crippen LogP contribution in [0.2, 0.25) is 0 Å². The molecule has 0 heterocycles. The molecule has 0 aliphatic heterocycles. The molecule has 0 amide bonds. The van der Waals surface area contributed by atoms with Crippen LogP contribution in [0.1, 0.15) is 56.6 Å². The second-order valence-electron chi connectivity index (χ2n) is 7.26. The molecule has 0 fully saturated rings. The molecular weight excluding hydrogens is 334 g/mol. The highest BCUT2D eigenvalue weighted by molar-refractivity contribution is 5.43. The van der Waals surface area contributed by atoms with E-state index in [1.54, 1.807) is 7.11 Å². The van der Waals surface area contributed by atoms with Crippen molar-refractivity contribution in [2.45, 2.75) is 58.5 Å². The quantitative estimate of drug-likeness (QED) is 0.400. The number of unbranched alkanes of at least 4 members (excludes halogenated alkanes) is 5. The van der Waals surface area contributed by atoms with Crippen LogP contribution >= 0.6 is 0 Å². The van der Waals surface area contributed by atoms with Gasteiger partial charge in [-0.3, -0.25) is 4.90 Å². The smallest absolute Gasteiger partial charge is 0.161 e. The van der Waals surface area contributed by atoms with Crippen LogP contribution in [-0.4, -0.2) is 25.7 Å². The summed E-state index contributed by atoms with van der Waals surface area (Å²) in [5, 5.41) is 0. The van der Waals surface area contributed by atoms with Crippen LogP contribution in [0.5, 0.6) is 11.5 Å². The van der Waals surface area contributed by atoms with Gasteiger partial charge in [0.05, 0.1) is 13.7 Å². The number of benzene rings is 2. The minimum absolute atomic E-state index is 0.760. The Morgan fingerprint density at radius 3 is 2.22 bits per heavy atom. The van der Waals surface area contributed by atoms with E-state index in [0.717, 1.165) is 37.6 Å². The van der Waals surface area contributed by atoms with Gasteiger partial charge in [-0.15, -0.1) is 0 Å². The standard InChI is InChI=1S/C24H35NO2/c1-4-5-6-7-8-12-17-27-23-16-15-22(18-24(23)26-3)20-25(2)19-21-13-10-9-11-14-21/h9-11,13-16,18H,4-8,12,17,19-20H2,1-3H3. The Hall–Kier alpha value is -2.00. The summed E-state index contributed by atoms with van der Waals surface area (Å²) in [6, 6.07) is 16.8. The molecule has 0 saturated heterocycles. The second-order valence-corrected chi connectivity index (χ2v) is 7.26. The van der Waals surface area contributed by atoms with E-state index in [0.29, 0.717) is 0 Å². The topological polar surface area (TPSA) is 21.7 Å². The van der Waals surface area contributed by atoms with E-state index >= 15 is 0 Å². The van der Waals surface area contributed by atoms with Crippen molar-refractivity contribution >= 4 is 0 Å². The van der Waals surface area contributed by atoms with Crippen LogP contribution in [-0.2, 0) is 13.1 Å². The largest absolute Gasteiger partial charge is 0.493 e. The van der Waals surface area contributed by atoms with Gasteiger partial charge in [0.15, 0.2) is 11.5 Å². The molecule has 148 valence electrons. The Kier molecular flexibility index (Phi) is 9.78. The first kappa shape index (κ1) is 21.3. The van der Waals surface area contributed by atoms with Crippen molar-refractivity contribution in [2.24, 2.45) is 0 Å². The van der Waals surface area contributed by atoms with Crippen molar-refractivity contribution < 1.29 is 9.47 Å². The highest BCUT2D eigenvalue weighted by atomic mass is 16.5. The summed E-state index contributed by atoms with van der Waals surface area (Å²) in [5.41, 5.74) is 2.56. The maximum absolute atomic E-state index is 5.95. The SMILES string of the molecule is CCCCCCCCOc1ccc(CN(C)Cc2ccccc2)cc1OC. The number of hydrogen-bond acceptors (Lipinski definition) is 3. The van der Waals surface area contributed by atoms with E-state index in [2.05, 4.69) is 61.3 Å². The zero-order valence-electron chi connectivity index (χ0n) is 17.2. The zero-order chi connectivity index (χ0) is 19.3. The molecule has 0 atom stereocenters. The molecule has 3 nitrogen and oxygen atoms in total. The van der Waals surface area contributed by atoms with Gasteiger partial charge in [-0.1, -0.05) is 75.4 Å². The molecule has 0 unspecified atom stereocenters. The first-order chi connectivity index (χ1) is 13.2. The van der Waals surface area contributed by atoms with E-state index < -0.39 is 0 Å². The zero-order valence-corrected chi connectivity index (χ0v) is 17.2. The third kappa shape index (κ3) is 8.04. The summed E-state index contributed by atoms with van der Waals surface area (Å²) >= 11 is 0. The average Bonchev–Trinajstić information content (AvgIpc) is 2.68. The molecular formula is C24H35NO2. The fourth-order valence-electron chi connectivity index (χ4n) is 3.26. The van der Waals surface area contributed by atoms with Crippen molar-refractivity contribution in [3.8, 4) is 11.5 Å². The molecule has 27 heavy (non-hydrogen) atoms. The Morgan fingerprint density at radius 2 is 1.48 bits per heavy atom. The highest BCUT2D eigenvalue weighted by Crippen LogP contribution is 2.29. The Labute approximate surface area is 165 Å². The Morgan fingerprint density at radius 1 is 0.778 bits per heavy atom. The van der Waals surface area contributed by atoms with Gasteiger partial charge in [0.1, 0.15) is 0 Å². The fourth-order valence-corrected chi connectivity index (χ4v) is 3.26. The molecule has 0 spiro atoms. The van der Waals surface area contributed by atoms with Gasteiger partial charge < -0.3 is 9.47 Å². The van der Waals surface area contributed by atoms with Gasteiger partial charge in [0.25, 0.3) is 0 Å². The molecule has 2 rings (SSSR count). The number of hydrogen-bond donors (Lipinski definition) is 0. The fraction of sp³-hybridized carbons (Fsp3) is 0.500. The molecule has 2 aromatic rings. The third-order valence-electron chi connectivity index (χ3n) is 4.73. The van der Waals surface area contributed by atoms with Crippen LogP contribution in [0, 0.1) is 0 Å². The molecule has 3 heteroatoms. The molecule has 0 aromatic heterocycles. The lowest BCUT2D eigenvalue weighted by molar-refractivity contribution is 0.283. The normalized spacial score (nSPS) is 11.0. The van der Waals surface area contributed by atoms with Crippen molar-refractivity contribution in [1.82, 2.24) is 4.90 Å². The summed E-state index contributed by atoms with van der Waals surface area (Å²) in [5.74, 6) is 1.67. The van der Waals surface area contributed by atoms with Crippen LogP contribution in [0.3, 0.4) is 0 Å². The summed E-state index contributed by atoms with van der Waals surface area (Å²) < 4.78 is 11.5. The van der Waals surface area contributed by atoms with Gasteiger partial charge >= 0.3 is 0 Å². The van der Waals surface area contributed by atoms with E-state index in [9.17, 15) is 0 Å². The predicted octanol–water partition coefficient (Wildman–Crippen LogP) is 6.07. The van der Waals surface area contributed by atoms with Gasteiger partial charge in [0.2, 0.25) is 0 Å². The first-order valence-corrected chi connectivity index (χ1v) is 10.2. The van der Waals surface area contributed by atoms with Crippen molar-refractivity contribution in [1.29, 1.82) is 0 Å². The summed E-state index contributed by atoms with van der Waals surface area (Å²) in [7, 11) is 3.85. The van der Waals surface area contributed by atoms with E-state index in [1.807, 2.05) is 6.07 Å². The van der Waals surface area contributed by atoms with Crippen molar-refractivity contribution in [3.05, 3.63) is 59.7 Å². The molecule has 0 bridgehead atoms. The predicted molar refractivity (Wildman–Crippen MR) is 113 cm³/mol. The minimum Gasteiger partial charge on any atom is -0.493 e. The average molecular weight is 370 g/mol. The van der Waals surface area contributed by atoms with Crippen LogP contribution in [0.25, 0.3) is 0 Å². The van der Waals surface area contributed by atoms with E-state index in [1.165, 1.54) is 43.2 Å². The summed E-state index contributed by atoms with van der Waals surface area (Å²) in [6.07, 6.45) is 7.63. The number of nitrogens with zero attached hydrogens (tertiary/aromatic N) is 1. The van der Waals surface area contributed by atoms with Gasteiger partial charge in [-0.25, -0.2) is 0 Å². The van der Waals surface area contributed by atoms with E-state index in [-0.39, 0.29) is 0 Å². The van der Waals surface area contributed by atoms with Gasteiger partial charge in [0, 0.05) is 13.1 Å². The van der Waals surface area contributed by atoms with Crippen molar-refractivity contribution in [2.75, 3.05) is 20.8 Å². The molecule has 0 radical (unpaired) electrons. The first-order valence-electron chi connectivity index (χ1n) is 10.2. The molecule has 0 N–H and O–H groups in total. The number of methoxy groups -OCH3 is 1. The minimum atomic E-state index is 0.760. The lowest BCUT2D eigenvalue weighted by Crippen LogP contribution is -2.17. The highest BCUT2D eigenvalue weighted by Gasteiger charge is 2.08.